The lowest BCUT2D eigenvalue weighted by atomic mass is 9.71. The van der Waals surface area contributed by atoms with E-state index in [1.54, 1.807) is 33.7 Å². The van der Waals surface area contributed by atoms with Crippen LogP contribution in [0.2, 0.25) is 0 Å². The molecule has 0 radical (unpaired) electrons. The Morgan fingerprint density at radius 2 is 2.00 bits per heavy atom. The number of thioether (sulfide) groups is 1. The highest BCUT2D eigenvalue weighted by Gasteiger charge is 2.77. The van der Waals surface area contributed by atoms with Crippen molar-refractivity contribution in [2.24, 2.45) is 17.8 Å². The lowest BCUT2D eigenvalue weighted by Gasteiger charge is -2.44. The molecule has 3 aliphatic rings. The van der Waals surface area contributed by atoms with Crippen LogP contribution < -0.4 is 0 Å². The van der Waals surface area contributed by atoms with Crippen LogP contribution in [0.3, 0.4) is 0 Å². The van der Waals surface area contributed by atoms with Crippen LogP contribution >= 0.6 is 27.7 Å². The van der Waals surface area contributed by atoms with Crippen molar-refractivity contribution in [2.75, 3.05) is 19.8 Å². The number of aliphatic hydroxyl groups is 1. The number of amides is 2. The summed E-state index contributed by atoms with van der Waals surface area (Å²) in [6, 6.07) is -1.32. The molecule has 2 bridgehead atoms. The van der Waals surface area contributed by atoms with Gasteiger partial charge in [0.15, 0.2) is 0 Å². The first-order valence-electron chi connectivity index (χ1n) is 12.8. The Morgan fingerprint density at radius 3 is 2.53 bits per heavy atom. The van der Waals surface area contributed by atoms with Gasteiger partial charge in [-0.3, -0.25) is 14.4 Å². The van der Waals surface area contributed by atoms with E-state index in [4.69, 9.17) is 4.74 Å². The molecule has 2 amide bonds. The summed E-state index contributed by atoms with van der Waals surface area (Å²) in [6.45, 7) is 17.7. The van der Waals surface area contributed by atoms with Crippen LogP contribution in [0.5, 0.6) is 0 Å². The minimum absolute atomic E-state index is 0.0263. The van der Waals surface area contributed by atoms with E-state index >= 15 is 0 Å². The minimum atomic E-state index is -0.789. The van der Waals surface area contributed by atoms with Gasteiger partial charge in [-0.15, -0.1) is 24.9 Å². The van der Waals surface area contributed by atoms with Crippen LogP contribution in [0.4, 0.5) is 0 Å². The average Bonchev–Trinajstić information content (AvgIpc) is 3.38. The first kappa shape index (κ1) is 29.2. The van der Waals surface area contributed by atoms with Crippen molar-refractivity contribution in [2.45, 2.75) is 86.3 Å². The van der Waals surface area contributed by atoms with Gasteiger partial charge in [-0.05, 0) is 46.0 Å². The number of rotatable bonds is 11. The van der Waals surface area contributed by atoms with Crippen LogP contribution in [-0.2, 0) is 19.1 Å². The molecule has 3 rings (SSSR count). The second-order valence-electron chi connectivity index (χ2n) is 11.4. The fraction of sp³-hybridized carbons (Fsp3) is 0.741. The van der Waals surface area contributed by atoms with Gasteiger partial charge in [-0.1, -0.05) is 41.9 Å². The van der Waals surface area contributed by atoms with Crippen molar-refractivity contribution >= 4 is 45.5 Å². The number of hydrogen-bond acceptors (Lipinski definition) is 6. The van der Waals surface area contributed by atoms with Gasteiger partial charge in [0.05, 0.1) is 35.8 Å². The first-order chi connectivity index (χ1) is 16.9. The number of esters is 1. The molecule has 3 fully saturated rings. The number of nitrogens with zero attached hydrogens (tertiary/aromatic N) is 2. The Balaban J connectivity index is 2.09. The third-order valence-electron chi connectivity index (χ3n) is 7.73. The van der Waals surface area contributed by atoms with Crippen LogP contribution in [-0.4, -0.2) is 84.9 Å². The summed E-state index contributed by atoms with van der Waals surface area (Å²) in [7, 11) is 0. The molecule has 7 atom stereocenters. The Kier molecular flexibility index (Phi) is 9.09. The summed E-state index contributed by atoms with van der Waals surface area (Å²) in [5, 5.41) is 10.2. The minimum Gasteiger partial charge on any atom is -0.465 e. The van der Waals surface area contributed by atoms with Crippen LogP contribution in [0.15, 0.2) is 25.3 Å². The van der Waals surface area contributed by atoms with Crippen molar-refractivity contribution in [1.82, 2.24) is 9.80 Å². The topological polar surface area (TPSA) is 87.1 Å². The number of carbonyl (C=O) groups is 3. The zero-order valence-corrected chi connectivity index (χ0v) is 24.5. The molecule has 3 saturated heterocycles. The molecule has 3 unspecified atom stereocenters. The average molecular weight is 586 g/mol. The van der Waals surface area contributed by atoms with E-state index < -0.39 is 34.2 Å². The molecule has 1 N–H and O–H groups in total. The van der Waals surface area contributed by atoms with Crippen LogP contribution in [0, 0.1) is 17.8 Å². The molecule has 3 heterocycles. The Labute approximate surface area is 228 Å². The van der Waals surface area contributed by atoms with Gasteiger partial charge in [0.2, 0.25) is 11.8 Å². The van der Waals surface area contributed by atoms with E-state index in [2.05, 4.69) is 29.1 Å². The first-order valence-corrected chi connectivity index (χ1v) is 14.6. The second-order valence-corrected chi connectivity index (χ2v) is 14.1. The number of aliphatic hydroxyl groups excluding tert-OH is 1. The lowest BCUT2D eigenvalue weighted by molar-refractivity contribution is -0.155. The summed E-state index contributed by atoms with van der Waals surface area (Å²) < 4.78 is 4.87. The highest BCUT2D eigenvalue weighted by Crippen LogP contribution is 2.68. The third-order valence-corrected chi connectivity index (χ3v) is 11.0. The van der Waals surface area contributed by atoms with Gasteiger partial charge in [-0.25, -0.2) is 0 Å². The summed E-state index contributed by atoms with van der Waals surface area (Å²) in [6.07, 6.45) is 5.49. The molecule has 0 aromatic carbocycles. The van der Waals surface area contributed by atoms with Gasteiger partial charge >= 0.3 is 5.97 Å². The van der Waals surface area contributed by atoms with Gasteiger partial charge in [0.1, 0.15) is 6.04 Å². The van der Waals surface area contributed by atoms with Crippen molar-refractivity contribution in [1.29, 1.82) is 0 Å². The maximum atomic E-state index is 14.4. The number of carbonyl (C=O) groups excluding carboxylic acids is 3. The zero-order chi connectivity index (χ0) is 27.0. The quantitative estimate of drug-likeness (QED) is 0.172. The van der Waals surface area contributed by atoms with Gasteiger partial charge in [-0.2, -0.15) is 0 Å². The molecular weight excluding hydrogens is 544 g/mol. The summed E-state index contributed by atoms with van der Waals surface area (Å²) in [5.74, 6) is -2.14. The van der Waals surface area contributed by atoms with Gasteiger partial charge in [0, 0.05) is 22.2 Å². The molecule has 0 saturated carbocycles. The summed E-state index contributed by atoms with van der Waals surface area (Å²) >= 11 is 5.36. The van der Waals surface area contributed by atoms with Crippen LogP contribution in [0.25, 0.3) is 0 Å². The summed E-state index contributed by atoms with van der Waals surface area (Å²) in [5.41, 5.74) is -0.500. The number of fused-ring (bicyclic) bond motifs is 1. The standard InChI is InChI=1S/C27H41BrN2O5S/c1-8-10-11-13-35-25(34)19-20-23(32)30(18(15-31)16(3)4)22(27(20)14-17(28)21(19)36-27)24(33)29(12-9-2)26(5,6)7/h8-9,16-22,31H,1-2,10-15H2,3-7H3/t17?,18-,19-,20-,21-,22?,27?/m0/s1. The number of halogens is 1. The fourth-order valence-corrected chi connectivity index (χ4v) is 9.64. The molecular formula is C27H41BrN2O5S. The van der Waals surface area contributed by atoms with E-state index in [0.29, 0.717) is 19.4 Å². The number of hydrogen-bond donors (Lipinski definition) is 1. The summed E-state index contributed by atoms with van der Waals surface area (Å²) in [4.78, 5) is 45.3. The largest absolute Gasteiger partial charge is 0.465 e. The normalized spacial score (nSPS) is 31.9. The van der Waals surface area contributed by atoms with E-state index in [1.165, 1.54) is 0 Å². The number of alkyl halides is 1. The Hall–Kier alpha value is -1.32. The molecule has 9 heteroatoms. The van der Waals surface area contributed by atoms with Crippen LogP contribution in [0.1, 0.15) is 53.9 Å². The maximum Gasteiger partial charge on any atom is 0.310 e. The maximum absolute atomic E-state index is 14.4. The number of likely N-dealkylation sites (tertiary alicyclic amines) is 1. The van der Waals surface area contributed by atoms with E-state index in [9.17, 15) is 19.5 Å². The second kappa shape index (κ2) is 11.2. The smallest absolute Gasteiger partial charge is 0.310 e. The predicted molar refractivity (Wildman–Crippen MR) is 147 cm³/mol. The monoisotopic (exact) mass is 584 g/mol. The molecule has 3 aliphatic heterocycles. The molecule has 0 aromatic rings. The van der Waals surface area contributed by atoms with Gasteiger partial charge < -0.3 is 19.6 Å². The third kappa shape index (κ3) is 4.92. The number of unbranched alkanes of at least 4 members (excludes halogenated alkanes) is 1. The number of allylic oxidation sites excluding steroid dienone is 1. The molecule has 0 aromatic heterocycles. The van der Waals surface area contributed by atoms with Crippen molar-refractivity contribution in [3.8, 4) is 0 Å². The molecule has 7 nitrogen and oxygen atoms in total. The lowest BCUT2D eigenvalue weighted by Crippen LogP contribution is -2.61. The van der Waals surface area contributed by atoms with Crippen molar-refractivity contribution in [3.63, 3.8) is 0 Å². The highest BCUT2D eigenvalue weighted by atomic mass is 79.9. The van der Waals surface area contributed by atoms with Crippen molar-refractivity contribution in [3.05, 3.63) is 25.3 Å². The molecule has 202 valence electrons. The molecule has 1 spiro atoms. The van der Waals surface area contributed by atoms with E-state index in [-0.39, 0.29) is 47.0 Å². The molecule has 36 heavy (non-hydrogen) atoms. The fourth-order valence-electron chi connectivity index (χ4n) is 6.06. The zero-order valence-electron chi connectivity index (χ0n) is 22.1. The number of ether oxygens (including phenoxy) is 1. The van der Waals surface area contributed by atoms with Gasteiger partial charge in [0.25, 0.3) is 0 Å². The molecule has 0 aliphatic carbocycles. The van der Waals surface area contributed by atoms with Crippen molar-refractivity contribution < 1.29 is 24.2 Å². The predicted octanol–water partition coefficient (Wildman–Crippen LogP) is 3.79. The Morgan fingerprint density at radius 1 is 1.33 bits per heavy atom. The Bertz CT molecular complexity index is 890. The van der Waals surface area contributed by atoms with E-state index in [0.717, 1.165) is 6.42 Å². The van der Waals surface area contributed by atoms with E-state index in [1.807, 2.05) is 34.6 Å². The highest BCUT2D eigenvalue weighted by molar-refractivity contribution is 9.09. The SMILES string of the molecule is C=CCCCOC(=O)[C@H]1[C@H]2C(=O)N([C@@H](CO)C(C)C)C(C(=O)N(CC=C)C(C)(C)C)C23CC(Br)[C@@H]1S3.